The number of nitrogens with zero attached hydrogens (tertiary/aromatic N) is 1. The summed E-state index contributed by atoms with van der Waals surface area (Å²) in [5.74, 6) is 0.257. The summed E-state index contributed by atoms with van der Waals surface area (Å²) in [6.07, 6.45) is 0. The van der Waals surface area contributed by atoms with Gasteiger partial charge in [0.25, 0.3) is 0 Å². The Kier molecular flexibility index (Phi) is 5.34. The van der Waals surface area contributed by atoms with Crippen LogP contribution in [0.4, 0.5) is 0 Å². The van der Waals surface area contributed by atoms with Crippen LogP contribution < -0.4 is 4.74 Å². The fourth-order valence-electron chi connectivity index (χ4n) is 1.95. The summed E-state index contributed by atoms with van der Waals surface area (Å²) in [7, 11) is -0.799. The molecule has 0 aliphatic carbocycles. The van der Waals surface area contributed by atoms with Crippen molar-refractivity contribution < 1.29 is 13.2 Å². The summed E-state index contributed by atoms with van der Waals surface area (Å²) in [4.78, 5) is 0.0407. The van der Waals surface area contributed by atoms with Gasteiger partial charge in [-0.2, -0.15) is 4.31 Å². The lowest BCUT2D eigenvalue weighted by molar-refractivity contribution is 0.397. The van der Waals surface area contributed by atoms with E-state index in [1.54, 1.807) is 30.3 Å². The van der Waals surface area contributed by atoms with Gasteiger partial charge in [0.15, 0.2) is 0 Å². The van der Waals surface area contributed by atoms with Crippen LogP contribution in [0.25, 0.3) is 0 Å². The molecule has 0 atom stereocenters. The molecule has 118 valence electrons. The third-order valence-electron chi connectivity index (χ3n) is 3.13. The van der Waals surface area contributed by atoms with Gasteiger partial charge in [0.2, 0.25) is 10.0 Å². The lowest BCUT2D eigenvalue weighted by Crippen LogP contribution is -2.26. The van der Waals surface area contributed by atoms with Crippen LogP contribution in [0.3, 0.4) is 0 Å². The number of methoxy groups -OCH3 is 1. The van der Waals surface area contributed by atoms with E-state index >= 15 is 0 Å². The summed E-state index contributed by atoms with van der Waals surface area (Å²) in [5, 5.41) is 0.935. The molecule has 0 saturated heterocycles. The highest BCUT2D eigenvalue weighted by atomic mass is 35.5. The second-order valence-electron chi connectivity index (χ2n) is 4.68. The first-order chi connectivity index (χ1) is 10.3. The molecule has 0 amide bonds. The van der Waals surface area contributed by atoms with E-state index in [1.807, 2.05) is 0 Å². The van der Waals surface area contributed by atoms with Gasteiger partial charge in [-0.05, 0) is 35.9 Å². The molecule has 0 aliphatic rings. The average Bonchev–Trinajstić information content (AvgIpc) is 2.49. The number of halogens is 2. The molecule has 4 nitrogen and oxygen atoms in total. The van der Waals surface area contributed by atoms with Crippen molar-refractivity contribution in [3.63, 3.8) is 0 Å². The van der Waals surface area contributed by atoms with Crippen LogP contribution in [-0.4, -0.2) is 26.9 Å². The quantitative estimate of drug-likeness (QED) is 0.814. The van der Waals surface area contributed by atoms with Crippen molar-refractivity contribution in [3.8, 4) is 5.75 Å². The molecule has 22 heavy (non-hydrogen) atoms. The van der Waals surface area contributed by atoms with E-state index in [4.69, 9.17) is 27.9 Å². The molecule has 0 aromatic heterocycles. The Morgan fingerprint density at radius 1 is 1.05 bits per heavy atom. The monoisotopic (exact) mass is 359 g/mol. The van der Waals surface area contributed by atoms with Crippen LogP contribution in [0.1, 0.15) is 5.56 Å². The van der Waals surface area contributed by atoms with Crippen molar-refractivity contribution in [2.24, 2.45) is 0 Å². The maximum atomic E-state index is 12.7. The van der Waals surface area contributed by atoms with Gasteiger partial charge in [-0.25, -0.2) is 8.42 Å². The van der Waals surface area contributed by atoms with Crippen molar-refractivity contribution in [2.75, 3.05) is 14.2 Å². The molecule has 2 rings (SSSR count). The Balaban J connectivity index is 2.33. The molecule has 0 unspecified atom stereocenters. The lowest BCUT2D eigenvalue weighted by Gasteiger charge is -2.19. The smallest absolute Gasteiger partial charge is 0.246 e. The van der Waals surface area contributed by atoms with Gasteiger partial charge in [-0.3, -0.25) is 0 Å². The first kappa shape index (κ1) is 17.1. The zero-order valence-corrected chi connectivity index (χ0v) is 14.4. The molecule has 0 N–H and O–H groups in total. The van der Waals surface area contributed by atoms with Gasteiger partial charge in [-0.15, -0.1) is 0 Å². The van der Waals surface area contributed by atoms with Gasteiger partial charge in [0.1, 0.15) is 10.6 Å². The van der Waals surface area contributed by atoms with Crippen LogP contribution in [0.5, 0.6) is 5.75 Å². The highest BCUT2D eigenvalue weighted by Gasteiger charge is 2.25. The molecule has 0 radical (unpaired) electrons. The molecule has 2 aromatic rings. The van der Waals surface area contributed by atoms with Gasteiger partial charge >= 0.3 is 0 Å². The molecule has 0 aliphatic heterocycles. The first-order valence-corrected chi connectivity index (χ1v) is 8.58. The third kappa shape index (κ3) is 3.73. The van der Waals surface area contributed by atoms with Gasteiger partial charge in [0, 0.05) is 23.6 Å². The van der Waals surface area contributed by atoms with Crippen LogP contribution in [0.15, 0.2) is 47.4 Å². The molecule has 2 aromatic carbocycles. The highest BCUT2D eigenvalue weighted by Crippen LogP contribution is 2.29. The summed E-state index contributed by atoms with van der Waals surface area (Å²) in [5.41, 5.74) is 0.830. The van der Waals surface area contributed by atoms with Gasteiger partial charge in [0.05, 0.1) is 7.11 Å². The Hall–Kier alpha value is -1.27. The molecule has 7 heteroatoms. The number of sulfonamides is 1. The average molecular weight is 360 g/mol. The minimum atomic E-state index is -3.72. The number of hydrogen-bond acceptors (Lipinski definition) is 3. The summed E-state index contributed by atoms with van der Waals surface area (Å²) < 4.78 is 31.8. The largest absolute Gasteiger partial charge is 0.495 e. The third-order valence-corrected chi connectivity index (χ3v) is 5.44. The first-order valence-electron chi connectivity index (χ1n) is 6.39. The fraction of sp³-hybridized carbons (Fsp3) is 0.200. The summed E-state index contributed by atoms with van der Waals surface area (Å²) in [6, 6.07) is 11.5. The van der Waals surface area contributed by atoms with E-state index in [1.165, 1.54) is 30.6 Å². The predicted octanol–water partition coefficient (Wildman–Crippen LogP) is 3.82. The van der Waals surface area contributed by atoms with Crippen LogP contribution in [0.2, 0.25) is 10.0 Å². The molecule has 0 bridgehead atoms. The second kappa shape index (κ2) is 6.87. The van der Waals surface area contributed by atoms with Crippen molar-refractivity contribution >= 4 is 33.2 Å². The SMILES string of the molecule is COc1ccc(Cl)cc1S(=O)(=O)N(C)Cc1ccc(Cl)cc1. The molecular formula is C15H15Cl2NO3S. The van der Waals surface area contributed by atoms with Gasteiger partial charge < -0.3 is 4.74 Å². The maximum Gasteiger partial charge on any atom is 0.246 e. The fourth-order valence-corrected chi connectivity index (χ4v) is 3.65. The van der Waals surface area contributed by atoms with Crippen molar-refractivity contribution in [1.29, 1.82) is 0 Å². The standard InChI is InChI=1S/C15H15Cl2NO3S/c1-18(10-11-3-5-12(16)6-4-11)22(19,20)15-9-13(17)7-8-14(15)21-2/h3-9H,10H2,1-2H3. The maximum absolute atomic E-state index is 12.7. The Morgan fingerprint density at radius 3 is 2.23 bits per heavy atom. The van der Waals surface area contributed by atoms with Crippen LogP contribution in [-0.2, 0) is 16.6 Å². The van der Waals surface area contributed by atoms with E-state index in [9.17, 15) is 8.42 Å². The Bertz CT molecular complexity index is 761. The van der Waals surface area contributed by atoms with Crippen molar-refractivity contribution in [1.82, 2.24) is 4.31 Å². The zero-order valence-electron chi connectivity index (χ0n) is 12.1. The van der Waals surface area contributed by atoms with Crippen LogP contribution >= 0.6 is 23.2 Å². The van der Waals surface area contributed by atoms with Crippen molar-refractivity contribution in [3.05, 3.63) is 58.1 Å². The Morgan fingerprint density at radius 2 is 1.64 bits per heavy atom. The van der Waals surface area contributed by atoms with E-state index in [0.29, 0.717) is 10.0 Å². The summed E-state index contributed by atoms with van der Waals surface area (Å²) in [6.45, 7) is 0.217. The molecule has 0 fully saturated rings. The highest BCUT2D eigenvalue weighted by molar-refractivity contribution is 7.89. The van der Waals surface area contributed by atoms with Crippen molar-refractivity contribution in [2.45, 2.75) is 11.4 Å². The van der Waals surface area contributed by atoms with E-state index in [0.717, 1.165) is 5.56 Å². The van der Waals surface area contributed by atoms with E-state index < -0.39 is 10.0 Å². The normalized spacial score (nSPS) is 11.7. The summed E-state index contributed by atoms with van der Waals surface area (Å²) >= 11 is 11.7. The minimum absolute atomic E-state index is 0.0407. The number of hydrogen-bond donors (Lipinski definition) is 0. The number of ether oxygens (including phenoxy) is 1. The van der Waals surface area contributed by atoms with E-state index in [-0.39, 0.29) is 17.2 Å². The zero-order chi connectivity index (χ0) is 16.3. The molecule has 0 spiro atoms. The van der Waals surface area contributed by atoms with E-state index in [2.05, 4.69) is 0 Å². The topological polar surface area (TPSA) is 46.6 Å². The second-order valence-corrected chi connectivity index (χ2v) is 7.57. The molecule has 0 saturated carbocycles. The number of benzene rings is 2. The predicted molar refractivity (Wildman–Crippen MR) is 88.1 cm³/mol. The number of rotatable bonds is 5. The van der Waals surface area contributed by atoms with Crippen LogP contribution in [0, 0.1) is 0 Å². The lowest BCUT2D eigenvalue weighted by atomic mass is 10.2. The Labute approximate surface area is 140 Å². The minimum Gasteiger partial charge on any atom is -0.495 e. The molecular weight excluding hydrogens is 345 g/mol. The van der Waals surface area contributed by atoms with Gasteiger partial charge in [-0.1, -0.05) is 35.3 Å². The molecule has 0 heterocycles.